The van der Waals surface area contributed by atoms with Crippen molar-refractivity contribution < 1.29 is 14.3 Å². The van der Waals surface area contributed by atoms with Crippen LogP contribution in [-0.4, -0.2) is 69.2 Å². The Morgan fingerprint density at radius 3 is 2.54 bits per heavy atom. The summed E-state index contributed by atoms with van der Waals surface area (Å²) in [5, 5.41) is 20.1. The molecule has 9 nitrogen and oxygen atoms in total. The van der Waals surface area contributed by atoms with Crippen LogP contribution in [0.5, 0.6) is 0 Å². The van der Waals surface area contributed by atoms with E-state index in [1.807, 2.05) is 11.9 Å². The summed E-state index contributed by atoms with van der Waals surface area (Å²) >= 11 is 0. The van der Waals surface area contributed by atoms with Crippen LogP contribution in [0.15, 0.2) is 11.0 Å². The van der Waals surface area contributed by atoms with Gasteiger partial charge in [-0.3, -0.25) is 4.79 Å². The second kappa shape index (κ2) is 5.99. The van der Waals surface area contributed by atoms with E-state index >= 15 is 4.39 Å². The van der Waals surface area contributed by atoms with Crippen LogP contribution in [-0.2, 0) is 0 Å². The van der Waals surface area contributed by atoms with Gasteiger partial charge in [0.15, 0.2) is 5.82 Å². The fourth-order valence-electron chi connectivity index (χ4n) is 3.97. The maximum atomic E-state index is 15.9. The second-order valence-electron chi connectivity index (χ2n) is 7.51. The summed E-state index contributed by atoms with van der Waals surface area (Å²) in [6.07, 6.45) is 2.90. The number of rotatable bonds is 3. The smallest absolute Gasteiger partial charge is 0.341 e. The summed E-state index contributed by atoms with van der Waals surface area (Å²) in [5.41, 5.74) is -0.198. The van der Waals surface area contributed by atoms with Crippen molar-refractivity contribution >= 4 is 33.6 Å². The zero-order valence-corrected chi connectivity index (χ0v) is 15.3. The van der Waals surface area contributed by atoms with Crippen molar-refractivity contribution in [2.45, 2.75) is 18.9 Å². The lowest BCUT2D eigenvalue weighted by Crippen LogP contribution is -2.45. The third-order valence-corrected chi connectivity index (χ3v) is 5.65. The molecule has 2 fully saturated rings. The molecule has 146 valence electrons. The largest absolute Gasteiger partial charge is 0.477 e. The third-order valence-electron chi connectivity index (χ3n) is 5.65. The Morgan fingerprint density at radius 1 is 1.21 bits per heavy atom. The summed E-state index contributed by atoms with van der Waals surface area (Å²) < 4.78 is 17.5. The Labute approximate surface area is 158 Å². The number of nitrogens with zero attached hydrogens (tertiary/aromatic N) is 5. The van der Waals surface area contributed by atoms with Crippen LogP contribution < -0.4 is 10.3 Å². The molecule has 1 aliphatic carbocycles. The van der Waals surface area contributed by atoms with Gasteiger partial charge in [-0.2, -0.15) is 15.4 Å². The first-order valence-electron chi connectivity index (χ1n) is 9.25. The lowest BCUT2D eigenvalue weighted by molar-refractivity contribution is 0.0695. The van der Waals surface area contributed by atoms with Gasteiger partial charge < -0.3 is 19.5 Å². The fourth-order valence-corrected chi connectivity index (χ4v) is 3.97. The number of hydrogen-bond acceptors (Lipinski definition) is 6. The number of nitrogens with one attached hydrogen (secondary N) is 1. The minimum absolute atomic E-state index is 0.0135. The number of carbonyl (C=O) groups is 1. The first-order chi connectivity index (χ1) is 13.5. The van der Waals surface area contributed by atoms with Crippen molar-refractivity contribution in [1.29, 1.82) is 0 Å². The van der Waals surface area contributed by atoms with E-state index in [9.17, 15) is 14.7 Å². The molecule has 3 heterocycles. The van der Waals surface area contributed by atoms with Gasteiger partial charge in [0.1, 0.15) is 22.3 Å². The summed E-state index contributed by atoms with van der Waals surface area (Å²) in [5.74, 6) is -1.87. The number of anilines is 1. The number of H-pyrrole nitrogens is 1. The lowest BCUT2D eigenvalue weighted by atomic mass is 10.1. The quantitative estimate of drug-likeness (QED) is 0.696. The first kappa shape index (κ1) is 17.1. The monoisotopic (exact) mass is 386 g/mol. The van der Waals surface area contributed by atoms with Gasteiger partial charge in [0, 0.05) is 38.4 Å². The number of likely N-dealkylation sites (N-methyl/N-ethyl adjacent to an activating group) is 1. The van der Waals surface area contributed by atoms with Gasteiger partial charge in [-0.05, 0) is 19.9 Å². The van der Waals surface area contributed by atoms with Crippen molar-refractivity contribution in [3.63, 3.8) is 0 Å². The summed E-state index contributed by atoms with van der Waals surface area (Å²) in [7, 11) is 2.01. The van der Waals surface area contributed by atoms with Gasteiger partial charge in [-0.15, -0.1) is 0 Å². The normalized spacial score (nSPS) is 18.3. The second-order valence-corrected chi connectivity index (χ2v) is 7.51. The zero-order chi connectivity index (χ0) is 19.6. The van der Waals surface area contributed by atoms with E-state index in [4.69, 9.17) is 0 Å². The molecule has 10 heteroatoms. The summed E-state index contributed by atoms with van der Waals surface area (Å²) in [6, 6.07) is -0.0135. The minimum Gasteiger partial charge on any atom is -0.477 e. The highest BCUT2D eigenvalue weighted by atomic mass is 19.1. The maximum Gasteiger partial charge on any atom is 0.341 e. The number of aromatic carboxylic acids is 1. The van der Waals surface area contributed by atoms with Gasteiger partial charge in [0.05, 0.1) is 10.9 Å². The maximum absolute atomic E-state index is 15.9. The molecule has 1 aromatic carbocycles. The Hall–Kier alpha value is -3.01. The standard InChI is InChI=1S/C18H19FN6O3/c1-23-4-6-24(7-5-23)16-12(19)15-11(13-14(16)21-22-20-13)17(26)10(18(27)28)8-25(15)9-2-3-9/h8-9H,2-7H2,1H3,(H,27,28)(H,20,21,22). The minimum atomic E-state index is -1.33. The Kier molecular flexibility index (Phi) is 3.66. The topological polar surface area (TPSA) is 107 Å². The predicted molar refractivity (Wildman–Crippen MR) is 101 cm³/mol. The third kappa shape index (κ3) is 2.40. The molecule has 28 heavy (non-hydrogen) atoms. The first-order valence-corrected chi connectivity index (χ1v) is 9.25. The zero-order valence-electron chi connectivity index (χ0n) is 15.3. The molecule has 0 amide bonds. The molecule has 0 unspecified atom stereocenters. The number of piperazine rings is 1. The molecule has 3 aromatic rings. The molecular weight excluding hydrogens is 367 g/mol. The van der Waals surface area contributed by atoms with E-state index < -0.39 is 17.2 Å². The number of halogens is 1. The molecule has 1 saturated carbocycles. The van der Waals surface area contributed by atoms with E-state index in [1.54, 1.807) is 4.57 Å². The van der Waals surface area contributed by atoms with Gasteiger partial charge in [0.2, 0.25) is 5.43 Å². The number of aromatic nitrogens is 4. The number of pyridine rings is 1. The average Bonchev–Trinajstić information content (AvgIpc) is 3.40. The van der Waals surface area contributed by atoms with Crippen molar-refractivity contribution in [2.75, 3.05) is 38.1 Å². The number of aromatic amines is 1. The van der Waals surface area contributed by atoms with E-state index in [-0.39, 0.29) is 33.5 Å². The summed E-state index contributed by atoms with van der Waals surface area (Å²) in [6.45, 7) is 2.82. The van der Waals surface area contributed by atoms with Crippen LogP contribution in [0.1, 0.15) is 29.2 Å². The van der Waals surface area contributed by atoms with E-state index in [0.29, 0.717) is 18.8 Å². The van der Waals surface area contributed by atoms with Gasteiger partial charge in [0.25, 0.3) is 0 Å². The van der Waals surface area contributed by atoms with E-state index in [1.165, 1.54) is 6.20 Å². The molecule has 0 bridgehead atoms. The van der Waals surface area contributed by atoms with Crippen LogP contribution in [0.25, 0.3) is 21.9 Å². The van der Waals surface area contributed by atoms with Gasteiger partial charge in [-0.1, -0.05) is 0 Å². The van der Waals surface area contributed by atoms with Crippen LogP contribution in [0.2, 0.25) is 0 Å². The number of carboxylic acid groups (broad SMARTS) is 1. The molecule has 2 aliphatic rings. The lowest BCUT2D eigenvalue weighted by Gasteiger charge is -2.34. The molecule has 0 radical (unpaired) electrons. The summed E-state index contributed by atoms with van der Waals surface area (Å²) in [4.78, 5) is 28.6. The van der Waals surface area contributed by atoms with Crippen molar-refractivity contribution in [1.82, 2.24) is 24.9 Å². The average molecular weight is 386 g/mol. The highest BCUT2D eigenvalue weighted by Gasteiger charge is 2.33. The van der Waals surface area contributed by atoms with Gasteiger partial charge >= 0.3 is 5.97 Å². The number of benzene rings is 1. The molecule has 1 saturated heterocycles. The Morgan fingerprint density at radius 2 is 1.89 bits per heavy atom. The van der Waals surface area contributed by atoms with Crippen molar-refractivity contribution in [2.24, 2.45) is 0 Å². The molecule has 2 N–H and O–H groups in total. The molecule has 0 spiro atoms. The van der Waals surface area contributed by atoms with Crippen molar-refractivity contribution in [3.05, 3.63) is 27.8 Å². The van der Waals surface area contributed by atoms with E-state index in [2.05, 4.69) is 20.3 Å². The SMILES string of the molecule is CN1CCN(c2c(F)c3c(c(=O)c(C(=O)O)cn3C3CC3)c3n[nH]nc23)CC1. The fraction of sp³-hybridized carbons (Fsp3) is 0.444. The van der Waals surface area contributed by atoms with Crippen molar-refractivity contribution in [3.8, 4) is 0 Å². The highest BCUT2D eigenvalue weighted by Crippen LogP contribution is 2.41. The molecule has 5 rings (SSSR count). The Balaban J connectivity index is 1.88. The predicted octanol–water partition coefficient (Wildman–Crippen LogP) is 1.20. The Bertz CT molecular complexity index is 1170. The number of fused-ring (bicyclic) bond motifs is 3. The number of hydrogen-bond donors (Lipinski definition) is 2. The molecule has 2 aromatic heterocycles. The molecule has 1 aliphatic heterocycles. The molecular formula is C18H19FN6O3. The van der Waals surface area contributed by atoms with Crippen LogP contribution in [0, 0.1) is 5.82 Å². The van der Waals surface area contributed by atoms with Crippen LogP contribution in [0.3, 0.4) is 0 Å². The van der Waals surface area contributed by atoms with E-state index in [0.717, 1.165) is 25.9 Å². The number of carboxylic acids is 1. The van der Waals surface area contributed by atoms with Crippen LogP contribution in [0.4, 0.5) is 10.1 Å². The van der Waals surface area contributed by atoms with Crippen LogP contribution >= 0.6 is 0 Å². The molecule has 0 atom stereocenters. The highest BCUT2D eigenvalue weighted by molar-refractivity contribution is 6.10. The van der Waals surface area contributed by atoms with Gasteiger partial charge in [-0.25, -0.2) is 9.18 Å².